The molecule has 0 saturated heterocycles. The average Bonchev–Trinajstić information content (AvgIpc) is 3.00. The van der Waals surface area contributed by atoms with Gasteiger partial charge in [0.05, 0.1) is 17.0 Å². The van der Waals surface area contributed by atoms with E-state index in [1.807, 2.05) is 29.5 Å². The highest BCUT2D eigenvalue weighted by molar-refractivity contribution is 7.14. The molecule has 3 aromatic rings. The summed E-state index contributed by atoms with van der Waals surface area (Å²) < 4.78 is 1.95. The van der Waals surface area contributed by atoms with Crippen molar-refractivity contribution in [1.82, 2.24) is 19.5 Å². The van der Waals surface area contributed by atoms with Gasteiger partial charge in [0, 0.05) is 36.6 Å². The summed E-state index contributed by atoms with van der Waals surface area (Å²) in [6, 6.07) is 0. The van der Waals surface area contributed by atoms with Crippen LogP contribution >= 0.6 is 22.7 Å². The van der Waals surface area contributed by atoms with Crippen molar-refractivity contribution in [3.05, 3.63) is 40.2 Å². The third kappa shape index (κ3) is 2.27. The molecule has 3 heterocycles. The predicted molar refractivity (Wildman–Crippen MR) is 69.2 cm³/mol. The van der Waals surface area contributed by atoms with E-state index in [0.717, 1.165) is 27.8 Å². The molecular weight excluding hydrogens is 252 g/mol. The lowest BCUT2D eigenvalue weighted by Crippen LogP contribution is -1.87. The fourth-order valence-electron chi connectivity index (χ4n) is 1.55. The van der Waals surface area contributed by atoms with Crippen molar-refractivity contribution in [2.24, 2.45) is 7.05 Å². The average molecular weight is 262 g/mol. The number of rotatable bonds is 3. The summed E-state index contributed by atoms with van der Waals surface area (Å²) in [6.07, 6.45) is 6.42. The molecule has 0 bridgehead atoms. The number of nitrogens with zero attached hydrogens (tertiary/aromatic N) is 4. The number of thiazole rings is 2. The highest BCUT2D eigenvalue weighted by Gasteiger charge is 2.08. The predicted octanol–water partition coefficient (Wildman–Crippen LogP) is 2.59. The zero-order valence-corrected chi connectivity index (χ0v) is 10.8. The van der Waals surface area contributed by atoms with E-state index < -0.39 is 0 Å². The summed E-state index contributed by atoms with van der Waals surface area (Å²) in [6.45, 7) is 0. The lowest BCUT2D eigenvalue weighted by molar-refractivity contribution is 0.912. The smallest absolute Gasteiger partial charge is 0.142 e. The fourth-order valence-corrected chi connectivity index (χ4v) is 3.02. The Bertz CT molecular complexity index is 609. The SMILES string of the molecule is Cn1cnc(Cc2nc(-c3nccs3)cs2)c1. The van der Waals surface area contributed by atoms with Crippen molar-refractivity contribution < 1.29 is 0 Å². The maximum absolute atomic E-state index is 4.57. The van der Waals surface area contributed by atoms with Crippen LogP contribution in [0, 0.1) is 0 Å². The van der Waals surface area contributed by atoms with Crippen LogP contribution in [-0.4, -0.2) is 19.5 Å². The molecule has 3 aromatic heterocycles. The Labute approximate surface area is 107 Å². The van der Waals surface area contributed by atoms with Gasteiger partial charge in [0.1, 0.15) is 10.7 Å². The van der Waals surface area contributed by atoms with E-state index in [-0.39, 0.29) is 0 Å². The van der Waals surface area contributed by atoms with Crippen molar-refractivity contribution in [2.45, 2.75) is 6.42 Å². The second kappa shape index (κ2) is 4.38. The number of aryl methyl sites for hydroxylation is 1. The molecule has 86 valence electrons. The molecule has 3 rings (SSSR count). The molecule has 0 N–H and O–H groups in total. The van der Waals surface area contributed by atoms with Crippen LogP contribution in [0.4, 0.5) is 0 Å². The molecule has 0 aliphatic heterocycles. The molecule has 6 heteroatoms. The summed E-state index contributed by atoms with van der Waals surface area (Å²) in [4.78, 5) is 13.1. The first kappa shape index (κ1) is 10.6. The quantitative estimate of drug-likeness (QED) is 0.728. The van der Waals surface area contributed by atoms with Crippen LogP contribution in [0.3, 0.4) is 0 Å². The van der Waals surface area contributed by atoms with Gasteiger partial charge in [-0.3, -0.25) is 0 Å². The highest BCUT2D eigenvalue weighted by atomic mass is 32.1. The minimum absolute atomic E-state index is 0.789. The molecule has 0 unspecified atom stereocenters. The lowest BCUT2D eigenvalue weighted by atomic mass is 10.3. The van der Waals surface area contributed by atoms with Gasteiger partial charge in [-0.05, 0) is 0 Å². The summed E-state index contributed by atoms with van der Waals surface area (Å²) in [5, 5.41) is 6.08. The summed E-state index contributed by atoms with van der Waals surface area (Å²) in [7, 11) is 1.97. The van der Waals surface area contributed by atoms with Gasteiger partial charge in [-0.25, -0.2) is 15.0 Å². The van der Waals surface area contributed by atoms with Crippen molar-refractivity contribution >= 4 is 22.7 Å². The summed E-state index contributed by atoms with van der Waals surface area (Å²) in [5.74, 6) is 0. The Hall–Kier alpha value is -1.53. The molecule has 0 fully saturated rings. The monoisotopic (exact) mass is 262 g/mol. The molecule has 0 radical (unpaired) electrons. The number of hydrogen-bond acceptors (Lipinski definition) is 5. The largest absolute Gasteiger partial charge is 0.340 e. The molecule has 17 heavy (non-hydrogen) atoms. The van der Waals surface area contributed by atoms with E-state index in [9.17, 15) is 0 Å². The van der Waals surface area contributed by atoms with Gasteiger partial charge in [0.2, 0.25) is 0 Å². The van der Waals surface area contributed by atoms with Gasteiger partial charge in [-0.1, -0.05) is 0 Å². The third-order valence-corrected chi connectivity index (χ3v) is 3.94. The molecule has 0 aliphatic rings. The molecule has 0 amide bonds. The van der Waals surface area contributed by atoms with Crippen LogP contribution in [0.5, 0.6) is 0 Å². The van der Waals surface area contributed by atoms with E-state index in [4.69, 9.17) is 0 Å². The van der Waals surface area contributed by atoms with Crippen molar-refractivity contribution in [2.75, 3.05) is 0 Å². The topological polar surface area (TPSA) is 43.6 Å². The second-order valence-corrected chi connectivity index (χ2v) is 5.51. The molecular formula is C11H10N4S2. The first-order valence-electron chi connectivity index (χ1n) is 5.12. The van der Waals surface area contributed by atoms with E-state index >= 15 is 0 Å². The standard InChI is InChI=1S/C11H10N4S2/c1-15-5-8(13-7-15)4-10-14-9(6-17-10)11-12-2-3-16-11/h2-3,5-7H,4H2,1H3. The molecule has 4 nitrogen and oxygen atoms in total. The van der Waals surface area contributed by atoms with Crippen LogP contribution < -0.4 is 0 Å². The Kier molecular flexibility index (Phi) is 2.74. The molecule has 0 aromatic carbocycles. The minimum atomic E-state index is 0.789. The second-order valence-electron chi connectivity index (χ2n) is 3.67. The highest BCUT2D eigenvalue weighted by Crippen LogP contribution is 2.24. The maximum atomic E-state index is 4.57. The van der Waals surface area contributed by atoms with Crippen LogP contribution in [0.2, 0.25) is 0 Å². The van der Waals surface area contributed by atoms with E-state index in [1.54, 1.807) is 28.9 Å². The summed E-state index contributed by atoms with van der Waals surface area (Å²) in [5.41, 5.74) is 2.02. The molecule has 0 spiro atoms. The lowest BCUT2D eigenvalue weighted by Gasteiger charge is -1.90. The Morgan fingerprint density at radius 1 is 1.29 bits per heavy atom. The van der Waals surface area contributed by atoms with Crippen molar-refractivity contribution in [3.63, 3.8) is 0 Å². The number of imidazole rings is 1. The van der Waals surface area contributed by atoms with Gasteiger partial charge in [-0.15, -0.1) is 22.7 Å². The summed E-state index contributed by atoms with van der Waals surface area (Å²) >= 11 is 3.27. The van der Waals surface area contributed by atoms with E-state index in [2.05, 4.69) is 20.3 Å². The van der Waals surface area contributed by atoms with Crippen LogP contribution in [0.1, 0.15) is 10.7 Å². The van der Waals surface area contributed by atoms with Gasteiger partial charge in [-0.2, -0.15) is 0 Å². The van der Waals surface area contributed by atoms with Crippen molar-refractivity contribution in [1.29, 1.82) is 0 Å². The fraction of sp³-hybridized carbons (Fsp3) is 0.182. The van der Waals surface area contributed by atoms with Gasteiger partial charge < -0.3 is 4.57 Å². The number of hydrogen-bond donors (Lipinski definition) is 0. The normalized spacial score (nSPS) is 10.9. The van der Waals surface area contributed by atoms with E-state index in [1.165, 1.54) is 0 Å². The first-order chi connectivity index (χ1) is 8.31. The Morgan fingerprint density at radius 3 is 2.94 bits per heavy atom. The van der Waals surface area contributed by atoms with Gasteiger partial charge in [0.25, 0.3) is 0 Å². The van der Waals surface area contributed by atoms with Crippen LogP contribution in [-0.2, 0) is 13.5 Å². The zero-order chi connectivity index (χ0) is 11.7. The minimum Gasteiger partial charge on any atom is -0.340 e. The zero-order valence-electron chi connectivity index (χ0n) is 9.20. The van der Waals surface area contributed by atoms with E-state index in [0.29, 0.717) is 0 Å². The van der Waals surface area contributed by atoms with Crippen molar-refractivity contribution in [3.8, 4) is 10.7 Å². The Balaban J connectivity index is 1.81. The van der Waals surface area contributed by atoms with Gasteiger partial charge in [0.15, 0.2) is 0 Å². The Morgan fingerprint density at radius 2 is 2.24 bits per heavy atom. The molecule has 0 saturated carbocycles. The van der Waals surface area contributed by atoms with Gasteiger partial charge >= 0.3 is 0 Å². The number of aromatic nitrogens is 4. The molecule has 0 atom stereocenters. The van der Waals surface area contributed by atoms with Crippen LogP contribution in [0.25, 0.3) is 10.7 Å². The maximum Gasteiger partial charge on any atom is 0.142 e. The first-order valence-corrected chi connectivity index (χ1v) is 6.88. The third-order valence-electron chi connectivity index (χ3n) is 2.29. The molecule has 0 aliphatic carbocycles. The van der Waals surface area contributed by atoms with Crippen LogP contribution in [0.15, 0.2) is 29.5 Å².